The lowest BCUT2D eigenvalue weighted by atomic mass is 9.83. The van der Waals surface area contributed by atoms with Gasteiger partial charge in [-0.3, -0.25) is 9.36 Å². The topological polar surface area (TPSA) is 90.7 Å². The number of carbonyl (C=O) groups excluding carboxylic acids is 2. The van der Waals surface area contributed by atoms with Gasteiger partial charge in [-0.25, -0.2) is 14.6 Å². The third kappa shape index (κ3) is 4.20. The maximum Gasteiger partial charge on any atom is 0.336 e. The van der Waals surface area contributed by atoms with E-state index in [1.807, 2.05) is 19.1 Å². The predicted octanol–water partition coefficient (Wildman–Crippen LogP) is 4.24. The van der Waals surface area contributed by atoms with E-state index in [1.165, 1.54) is 0 Å². The Hall–Kier alpha value is -3.49. The number of carbonyl (C=O) groups is 2. The molecule has 5 rings (SSSR count). The van der Waals surface area contributed by atoms with E-state index >= 15 is 0 Å². The van der Waals surface area contributed by atoms with Crippen molar-refractivity contribution in [1.29, 1.82) is 0 Å². The minimum absolute atomic E-state index is 0.0199. The zero-order valence-corrected chi connectivity index (χ0v) is 21.1. The van der Waals surface area contributed by atoms with Crippen LogP contribution in [0.4, 0.5) is 0 Å². The molecule has 2 aliphatic rings. The van der Waals surface area contributed by atoms with Crippen LogP contribution in [-0.2, 0) is 16.1 Å². The molecule has 0 saturated carbocycles. The molecule has 3 aromatic rings. The van der Waals surface area contributed by atoms with Crippen molar-refractivity contribution < 1.29 is 19.1 Å². The largest absolute Gasteiger partial charge is 0.418 e. The van der Waals surface area contributed by atoms with E-state index in [-0.39, 0.29) is 23.0 Å². The number of rotatable bonds is 3. The number of hydrogen-bond acceptors (Lipinski definition) is 7. The van der Waals surface area contributed by atoms with Crippen molar-refractivity contribution >= 4 is 34.6 Å². The van der Waals surface area contributed by atoms with Crippen LogP contribution in [0.2, 0.25) is 5.02 Å². The number of halogens is 1. The number of benzene rings is 1. The van der Waals surface area contributed by atoms with Crippen molar-refractivity contribution in [2.24, 2.45) is 0 Å². The molecule has 8 nitrogen and oxygen atoms in total. The molecule has 9 heteroatoms. The van der Waals surface area contributed by atoms with Gasteiger partial charge < -0.3 is 14.4 Å². The third-order valence-electron chi connectivity index (χ3n) is 6.83. The second kappa shape index (κ2) is 9.52. The van der Waals surface area contributed by atoms with E-state index in [2.05, 4.69) is 16.9 Å². The highest BCUT2D eigenvalue weighted by Gasteiger charge is 2.32. The van der Waals surface area contributed by atoms with Crippen molar-refractivity contribution in [2.75, 3.05) is 20.1 Å². The molecule has 0 atom stereocenters. The Balaban J connectivity index is 1.96. The van der Waals surface area contributed by atoms with E-state index in [1.54, 1.807) is 23.6 Å². The molecule has 2 aliphatic heterocycles. The Kier molecular flexibility index (Phi) is 6.40. The summed E-state index contributed by atoms with van der Waals surface area (Å²) in [7, 11) is 2.07. The molecule has 1 fully saturated rings. The second-order valence-electron chi connectivity index (χ2n) is 9.16. The van der Waals surface area contributed by atoms with Crippen molar-refractivity contribution in [3.63, 3.8) is 0 Å². The number of esters is 2. The normalized spacial score (nSPS) is 17.8. The van der Waals surface area contributed by atoms with Gasteiger partial charge in [-0.05, 0) is 70.4 Å². The molecule has 0 unspecified atom stereocenters. The molecular formula is C27H26ClN3O5. The summed E-state index contributed by atoms with van der Waals surface area (Å²) in [6.45, 7) is 5.60. The fraction of sp³-hybridized carbons (Fsp3) is 0.333. The number of aryl methyl sites for hydroxylation is 2. The molecule has 0 N–H and O–H groups in total. The van der Waals surface area contributed by atoms with Crippen LogP contribution in [0.3, 0.4) is 0 Å². The molecular weight excluding hydrogens is 482 g/mol. The van der Waals surface area contributed by atoms with Crippen LogP contribution in [0, 0.1) is 6.92 Å². The predicted molar refractivity (Wildman–Crippen MR) is 137 cm³/mol. The van der Waals surface area contributed by atoms with Crippen LogP contribution in [0.15, 0.2) is 41.2 Å². The van der Waals surface area contributed by atoms with Crippen LogP contribution in [-0.4, -0.2) is 46.5 Å². The average Bonchev–Trinajstić information content (AvgIpc) is 2.84. The fourth-order valence-corrected chi connectivity index (χ4v) is 5.28. The molecule has 2 aromatic heterocycles. The first-order chi connectivity index (χ1) is 17.3. The van der Waals surface area contributed by atoms with Crippen molar-refractivity contribution in [3.8, 4) is 22.6 Å². The number of pyridine rings is 2. The second-order valence-corrected chi connectivity index (χ2v) is 9.59. The van der Waals surface area contributed by atoms with Gasteiger partial charge >= 0.3 is 11.9 Å². The zero-order chi connectivity index (χ0) is 25.6. The van der Waals surface area contributed by atoms with Gasteiger partial charge in [-0.15, -0.1) is 0 Å². The van der Waals surface area contributed by atoms with Gasteiger partial charge in [0.1, 0.15) is 5.65 Å². The van der Waals surface area contributed by atoms with Gasteiger partial charge in [0, 0.05) is 34.8 Å². The van der Waals surface area contributed by atoms with Crippen LogP contribution in [0.5, 0.6) is 11.5 Å². The number of fused-ring (bicyclic) bond motifs is 3. The number of ether oxygens (including phenoxy) is 2. The Labute approximate surface area is 213 Å². The summed E-state index contributed by atoms with van der Waals surface area (Å²) in [6.07, 6.45) is 3.64. The minimum Gasteiger partial charge on any atom is -0.418 e. The Morgan fingerprint density at radius 3 is 2.36 bits per heavy atom. The standard InChI is InChI=1S/C27H26ClN3O5/c1-4-31-26-23(25-24(15(2)29-26)35-19(32)8-9-20(33)36-25)21(17-6-5-7-18(28)14-17)22(27(31)34)16-10-12-30(3)13-11-16/h5-9,14,16H,4,10-13H2,1-3H3/b9-8+. The lowest BCUT2D eigenvalue weighted by Crippen LogP contribution is -2.34. The highest BCUT2D eigenvalue weighted by Crippen LogP contribution is 2.46. The molecule has 36 heavy (non-hydrogen) atoms. The van der Waals surface area contributed by atoms with Gasteiger partial charge in [-0.1, -0.05) is 23.7 Å². The Bertz CT molecular complexity index is 1490. The van der Waals surface area contributed by atoms with Gasteiger partial charge in [-0.2, -0.15) is 0 Å². The van der Waals surface area contributed by atoms with Gasteiger partial charge in [0.05, 0.1) is 11.1 Å². The summed E-state index contributed by atoms with van der Waals surface area (Å²) in [6, 6.07) is 7.23. The molecule has 4 heterocycles. The van der Waals surface area contributed by atoms with Gasteiger partial charge in [0.15, 0.2) is 11.5 Å². The Morgan fingerprint density at radius 2 is 1.72 bits per heavy atom. The maximum atomic E-state index is 14.1. The van der Waals surface area contributed by atoms with E-state index in [0.29, 0.717) is 45.0 Å². The molecule has 0 bridgehead atoms. The first-order valence-corrected chi connectivity index (χ1v) is 12.3. The van der Waals surface area contributed by atoms with Crippen molar-refractivity contribution in [3.05, 3.63) is 63.1 Å². The highest BCUT2D eigenvalue weighted by molar-refractivity contribution is 6.31. The van der Waals surface area contributed by atoms with E-state index in [4.69, 9.17) is 21.1 Å². The number of nitrogens with zero attached hydrogens (tertiary/aromatic N) is 3. The number of likely N-dealkylation sites (tertiary alicyclic amines) is 1. The molecule has 1 saturated heterocycles. The number of aromatic nitrogens is 2. The summed E-state index contributed by atoms with van der Waals surface area (Å²) in [5, 5.41) is 0.952. The van der Waals surface area contributed by atoms with Crippen molar-refractivity contribution in [2.45, 2.75) is 39.2 Å². The first-order valence-electron chi connectivity index (χ1n) is 12.0. The monoisotopic (exact) mass is 507 g/mol. The van der Waals surface area contributed by atoms with Crippen LogP contribution < -0.4 is 15.0 Å². The number of piperidine rings is 1. The zero-order valence-electron chi connectivity index (χ0n) is 20.3. The molecule has 0 spiro atoms. The smallest absolute Gasteiger partial charge is 0.336 e. The summed E-state index contributed by atoms with van der Waals surface area (Å²) < 4.78 is 12.9. The van der Waals surface area contributed by atoms with Gasteiger partial charge in [0.25, 0.3) is 5.56 Å². The molecule has 0 radical (unpaired) electrons. The molecule has 1 aromatic carbocycles. The van der Waals surface area contributed by atoms with E-state index in [9.17, 15) is 14.4 Å². The van der Waals surface area contributed by atoms with Gasteiger partial charge in [0.2, 0.25) is 0 Å². The third-order valence-corrected chi connectivity index (χ3v) is 7.06. The van der Waals surface area contributed by atoms with E-state index < -0.39 is 11.9 Å². The maximum absolute atomic E-state index is 14.1. The van der Waals surface area contributed by atoms with Crippen LogP contribution in [0.1, 0.15) is 36.9 Å². The van der Waals surface area contributed by atoms with Crippen molar-refractivity contribution in [1.82, 2.24) is 14.5 Å². The van der Waals surface area contributed by atoms with Crippen LogP contribution in [0.25, 0.3) is 22.2 Å². The van der Waals surface area contributed by atoms with Crippen LogP contribution >= 0.6 is 11.6 Å². The summed E-state index contributed by atoms with van der Waals surface area (Å²) >= 11 is 6.39. The summed E-state index contributed by atoms with van der Waals surface area (Å²) in [5.41, 5.74) is 2.50. The fourth-order valence-electron chi connectivity index (χ4n) is 5.08. The lowest BCUT2D eigenvalue weighted by Gasteiger charge is -2.31. The Morgan fingerprint density at radius 1 is 1.06 bits per heavy atom. The lowest BCUT2D eigenvalue weighted by molar-refractivity contribution is -0.133. The molecule has 0 aliphatic carbocycles. The SMILES string of the molecule is CCn1c(=O)c(C2CCN(C)CC2)c(-c2cccc(Cl)c2)c2c3c(c(C)nc21)OC(=O)/C=C/C(=O)O3. The first kappa shape index (κ1) is 24.2. The highest BCUT2D eigenvalue weighted by atomic mass is 35.5. The molecule has 0 amide bonds. The summed E-state index contributed by atoms with van der Waals surface area (Å²) in [5.74, 6) is -1.31. The average molecular weight is 508 g/mol. The minimum atomic E-state index is -0.716. The summed E-state index contributed by atoms with van der Waals surface area (Å²) in [4.78, 5) is 45.9. The van der Waals surface area contributed by atoms with E-state index in [0.717, 1.165) is 38.1 Å². The quantitative estimate of drug-likeness (QED) is 0.490. The number of hydrogen-bond donors (Lipinski definition) is 0. The molecule has 186 valence electrons.